The lowest BCUT2D eigenvalue weighted by Gasteiger charge is -2.18. The molecule has 1 aliphatic heterocycles. The first-order valence-corrected chi connectivity index (χ1v) is 11.7. The smallest absolute Gasteiger partial charge is 0.254 e. The van der Waals surface area contributed by atoms with E-state index in [9.17, 15) is 9.59 Å². The monoisotopic (exact) mass is 445 g/mol. The second-order valence-electron chi connectivity index (χ2n) is 7.21. The van der Waals surface area contributed by atoms with Gasteiger partial charge in [-0.05, 0) is 23.8 Å². The van der Waals surface area contributed by atoms with Gasteiger partial charge in [0, 0.05) is 11.3 Å². The van der Waals surface area contributed by atoms with Gasteiger partial charge in [0.15, 0.2) is 4.34 Å². The van der Waals surface area contributed by atoms with Gasteiger partial charge >= 0.3 is 0 Å². The Kier molecular flexibility index (Phi) is 5.44. The number of anilines is 1. The second kappa shape index (κ2) is 8.53. The molecule has 3 aromatic carbocycles. The highest BCUT2D eigenvalue weighted by Crippen LogP contribution is 2.37. The fourth-order valence-corrected chi connectivity index (χ4v) is 5.58. The van der Waals surface area contributed by atoms with Crippen LogP contribution in [0, 0.1) is 0 Å². The van der Waals surface area contributed by atoms with Crippen LogP contribution in [0.2, 0.25) is 0 Å². The van der Waals surface area contributed by atoms with E-state index in [0.29, 0.717) is 6.54 Å². The van der Waals surface area contributed by atoms with Crippen LogP contribution in [0.25, 0.3) is 10.2 Å². The van der Waals surface area contributed by atoms with Crippen molar-refractivity contribution in [1.29, 1.82) is 0 Å². The zero-order chi connectivity index (χ0) is 21.2. The SMILES string of the molecule is O=C(CSc1nc2ccccc2s1)N[C@@H]1C(=O)N(Cc2ccccc2)c2ccccc21. The largest absolute Gasteiger partial charge is 0.340 e. The predicted octanol–water partition coefficient (Wildman–Crippen LogP) is 4.79. The van der Waals surface area contributed by atoms with Crippen molar-refractivity contribution in [3.63, 3.8) is 0 Å². The van der Waals surface area contributed by atoms with Crippen LogP contribution in [-0.4, -0.2) is 22.6 Å². The minimum atomic E-state index is -0.664. The number of amides is 2. The first kappa shape index (κ1) is 19.8. The quantitative estimate of drug-likeness (QED) is 0.434. The van der Waals surface area contributed by atoms with Crippen molar-refractivity contribution in [2.75, 3.05) is 10.7 Å². The van der Waals surface area contributed by atoms with Crippen molar-refractivity contribution in [2.24, 2.45) is 0 Å². The van der Waals surface area contributed by atoms with Crippen molar-refractivity contribution in [1.82, 2.24) is 10.3 Å². The number of thiazole rings is 1. The predicted molar refractivity (Wildman–Crippen MR) is 125 cm³/mol. The Bertz CT molecular complexity index is 1220. The van der Waals surface area contributed by atoms with Gasteiger partial charge in [-0.1, -0.05) is 72.4 Å². The molecule has 5 nitrogen and oxygen atoms in total. The number of aromatic nitrogens is 1. The number of benzene rings is 3. The fraction of sp³-hybridized carbons (Fsp3) is 0.125. The van der Waals surface area contributed by atoms with Gasteiger partial charge in [0.05, 0.1) is 22.5 Å². The van der Waals surface area contributed by atoms with Crippen molar-refractivity contribution < 1.29 is 9.59 Å². The lowest BCUT2D eigenvalue weighted by Crippen LogP contribution is -2.38. The molecule has 0 spiro atoms. The molecule has 0 unspecified atom stereocenters. The van der Waals surface area contributed by atoms with Crippen LogP contribution >= 0.6 is 23.1 Å². The first-order chi connectivity index (χ1) is 15.2. The number of carbonyl (C=O) groups is 2. The summed E-state index contributed by atoms with van der Waals surface area (Å²) in [5.74, 6) is -0.0767. The van der Waals surface area contributed by atoms with Gasteiger partial charge in [0.1, 0.15) is 6.04 Å². The van der Waals surface area contributed by atoms with Crippen LogP contribution < -0.4 is 10.2 Å². The average molecular weight is 446 g/mol. The van der Waals surface area contributed by atoms with Gasteiger partial charge in [-0.3, -0.25) is 9.59 Å². The first-order valence-electron chi connectivity index (χ1n) is 9.91. The maximum Gasteiger partial charge on any atom is 0.254 e. The van der Waals surface area contributed by atoms with E-state index in [-0.39, 0.29) is 17.6 Å². The molecule has 0 aliphatic carbocycles. The molecule has 2 heterocycles. The molecule has 0 bridgehead atoms. The highest BCUT2D eigenvalue weighted by molar-refractivity contribution is 8.01. The third-order valence-corrected chi connectivity index (χ3v) is 7.32. The fourth-order valence-electron chi connectivity index (χ4n) is 3.70. The summed E-state index contributed by atoms with van der Waals surface area (Å²) in [6.07, 6.45) is 0. The average Bonchev–Trinajstić information content (AvgIpc) is 3.33. The molecular formula is C24H19N3O2S2. The van der Waals surface area contributed by atoms with Gasteiger partial charge in [-0.2, -0.15) is 0 Å². The van der Waals surface area contributed by atoms with Gasteiger partial charge < -0.3 is 10.2 Å². The molecule has 1 aliphatic rings. The van der Waals surface area contributed by atoms with E-state index in [1.54, 1.807) is 16.2 Å². The third kappa shape index (κ3) is 4.06. The summed E-state index contributed by atoms with van der Waals surface area (Å²) < 4.78 is 1.95. The van der Waals surface area contributed by atoms with Gasteiger partial charge in [-0.15, -0.1) is 11.3 Å². The summed E-state index contributed by atoms with van der Waals surface area (Å²) >= 11 is 2.96. The Morgan fingerprint density at radius 3 is 2.58 bits per heavy atom. The Morgan fingerprint density at radius 2 is 1.74 bits per heavy atom. The van der Waals surface area contributed by atoms with E-state index >= 15 is 0 Å². The topological polar surface area (TPSA) is 62.3 Å². The molecule has 31 heavy (non-hydrogen) atoms. The number of hydrogen-bond acceptors (Lipinski definition) is 5. The zero-order valence-corrected chi connectivity index (χ0v) is 18.2. The Balaban J connectivity index is 1.29. The number of hydrogen-bond donors (Lipinski definition) is 1. The van der Waals surface area contributed by atoms with E-state index < -0.39 is 6.04 Å². The minimum absolute atomic E-state index is 0.108. The highest BCUT2D eigenvalue weighted by Gasteiger charge is 2.37. The third-order valence-electron chi connectivity index (χ3n) is 5.14. The lowest BCUT2D eigenvalue weighted by molar-refractivity contribution is -0.125. The van der Waals surface area contributed by atoms with Crippen molar-refractivity contribution >= 4 is 50.8 Å². The molecule has 0 fully saturated rings. The molecule has 5 rings (SSSR count). The van der Waals surface area contributed by atoms with Crippen LogP contribution in [0.5, 0.6) is 0 Å². The molecular weight excluding hydrogens is 426 g/mol. The lowest BCUT2D eigenvalue weighted by atomic mass is 10.1. The van der Waals surface area contributed by atoms with E-state index in [2.05, 4.69) is 10.3 Å². The van der Waals surface area contributed by atoms with Gasteiger partial charge in [0.2, 0.25) is 5.91 Å². The van der Waals surface area contributed by atoms with Crippen molar-refractivity contribution in [3.8, 4) is 0 Å². The number of thioether (sulfide) groups is 1. The maximum atomic E-state index is 13.2. The summed E-state index contributed by atoms with van der Waals surface area (Å²) in [7, 11) is 0. The van der Waals surface area contributed by atoms with Crippen LogP contribution in [0.3, 0.4) is 0 Å². The summed E-state index contributed by atoms with van der Waals surface area (Å²) in [6, 6.07) is 24.8. The number of nitrogens with zero attached hydrogens (tertiary/aromatic N) is 2. The van der Waals surface area contributed by atoms with E-state index in [0.717, 1.165) is 31.4 Å². The number of nitrogens with one attached hydrogen (secondary N) is 1. The molecule has 7 heteroatoms. The normalized spacial score (nSPS) is 15.3. The van der Waals surface area contributed by atoms with Gasteiger partial charge in [0.25, 0.3) is 5.91 Å². The molecule has 1 atom stereocenters. The van der Waals surface area contributed by atoms with Crippen molar-refractivity contribution in [3.05, 3.63) is 90.0 Å². The molecule has 4 aromatic rings. The standard InChI is InChI=1S/C24H19N3O2S2/c28-21(15-30-24-25-18-11-5-7-13-20(18)31-24)26-22-17-10-4-6-12-19(17)27(23(22)29)14-16-8-2-1-3-9-16/h1-13,22H,14-15H2,(H,26,28)/t22-/m0/s1. The molecule has 1 aromatic heterocycles. The van der Waals surface area contributed by atoms with Gasteiger partial charge in [-0.25, -0.2) is 4.98 Å². The summed E-state index contributed by atoms with van der Waals surface area (Å²) in [4.78, 5) is 32.2. The maximum absolute atomic E-state index is 13.2. The molecule has 0 saturated carbocycles. The summed E-state index contributed by atoms with van der Waals surface area (Å²) in [5.41, 5.74) is 3.66. The molecule has 0 saturated heterocycles. The highest BCUT2D eigenvalue weighted by atomic mass is 32.2. The number of fused-ring (bicyclic) bond motifs is 2. The van der Waals surface area contributed by atoms with E-state index in [1.807, 2.05) is 78.9 Å². The van der Waals surface area contributed by atoms with Crippen LogP contribution in [0.4, 0.5) is 5.69 Å². The molecule has 154 valence electrons. The summed E-state index contributed by atoms with van der Waals surface area (Å²) in [6.45, 7) is 0.476. The van der Waals surface area contributed by atoms with E-state index in [4.69, 9.17) is 0 Å². The van der Waals surface area contributed by atoms with Crippen LogP contribution in [-0.2, 0) is 16.1 Å². The molecule has 2 amide bonds. The minimum Gasteiger partial charge on any atom is -0.340 e. The number of rotatable bonds is 6. The molecule has 0 radical (unpaired) electrons. The zero-order valence-electron chi connectivity index (χ0n) is 16.5. The van der Waals surface area contributed by atoms with E-state index in [1.165, 1.54) is 11.8 Å². The van der Waals surface area contributed by atoms with Crippen LogP contribution in [0.1, 0.15) is 17.2 Å². The van der Waals surface area contributed by atoms with Crippen molar-refractivity contribution in [2.45, 2.75) is 16.9 Å². The summed E-state index contributed by atoms with van der Waals surface area (Å²) in [5, 5.41) is 2.93. The molecule has 1 N–H and O–H groups in total. The second-order valence-corrected chi connectivity index (χ2v) is 9.46. The van der Waals surface area contributed by atoms with Crippen LogP contribution in [0.15, 0.2) is 83.2 Å². The number of carbonyl (C=O) groups excluding carboxylic acids is 2. The Labute approximate surface area is 188 Å². The Morgan fingerprint density at radius 1 is 1.00 bits per heavy atom. The number of para-hydroxylation sites is 2. The Hall–Kier alpha value is -3.16.